The minimum Gasteiger partial charge on any atom is -0.485 e. The van der Waals surface area contributed by atoms with Crippen LogP contribution in [0.2, 0.25) is 5.02 Å². The molecule has 0 amide bonds. The Hall–Kier alpha value is -2.13. The molecular weight excluding hydrogens is 274 g/mol. The predicted molar refractivity (Wildman–Crippen MR) is 78.3 cm³/mol. The average molecular weight is 286 g/mol. The van der Waals surface area contributed by atoms with Crippen molar-refractivity contribution in [3.05, 3.63) is 64.4 Å². The number of pyridine rings is 1. The van der Waals surface area contributed by atoms with Gasteiger partial charge in [0.05, 0.1) is 16.3 Å². The van der Waals surface area contributed by atoms with E-state index in [1.165, 1.54) is 6.20 Å². The molecule has 1 heterocycles. The van der Waals surface area contributed by atoms with Gasteiger partial charge in [-0.3, -0.25) is 9.78 Å². The van der Waals surface area contributed by atoms with E-state index in [1.807, 2.05) is 30.4 Å². The number of halogens is 1. The molecule has 0 saturated heterocycles. The number of hydrogen-bond acceptors (Lipinski definition) is 3. The van der Waals surface area contributed by atoms with Crippen molar-refractivity contribution in [1.29, 1.82) is 0 Å². The van der Waals surface area contributed by atoms with Gasteiger partial charge in [-0.2, -0.15) is 0 Å². The summed E-state index contributed by atoms with van der Waals surface area (Å²) in [5.74, 6) is 0.487. The number of ether oxygens (including phenoxy) is 1. The van der Waals surface area contributed by atoms with Crippen LogP contribution in [0, 0.1) is 0 Å². The molecule has 0 unspecified atom stereocenters. The molecule has 1 aromatic heterocycles. The molecule has 1 aliphatic carbocycles. The van der Waals surface area contributed by atoms with E-state index in [-0.39, 0.29) is 12.4 Å². The molecule has 0 N–H and O–H groups in total. The van der Waals surface area contributed by atoms with Crippen LogP contribution in [0.1, 0.15) is 21.6 Å². The zero-order chi connectivity index (χ0) is 13.9. The number of nitrogens with zero attached hydrogens (tertiary/aromatic N) is 1. The third-order valence-corrected chi connectivity index (χ3v) is 3.55. The van der Waals surface area contributed by atoms with E-state index in [0.717, 1.165) is 17.7 Å². The standard InChI is InChI=1S/C16H12ClNO2/c17-16-12-7-4-8-14(12)18-9-13(16)15(19)10-20-11-5-2-1-3-6-11/h1-7,9H,8,10H2. The van der Waals surface area contributed by atoms with Gasteiger partial charge in [-0.25, -0.2) is 0 Å². The summed E-state index contributed by atoms with van der Waals surface area (Å²) in [6, 6.07) is 9.21. The monoisotopic (exact) mass is 285 g/mol. The Morgan fingerprint density at radius 1 is 1.30 bits per heavy atom. The molecule has 2 aromatic rings. The molecule has 0 bridgehead atoms. The summed E-state index contributed by atoms with van der Waals surface area (Å²) in [5.41, 5.74) is 2.17. The summed E-state index contributed by atoms with van der Waals surface area (Å²) in [6.45, 7) is -0.0477. The number of Topliss-reactive ketones (excluding diaryl/α,β-unsaturated/α-hetero) is 1. The van der Waals surface area contributed by atoms with Gasteiger partial charge in [0, 0.05) is 18.2 Å². The SMILES string of the molecule is O=C(COc1ccccc1)c1cnc2c(c1Cl)C=CC2. The number of carbonyl (C=O) groups excluding carboxylic acids is 1. The highest BCUT2D eigenvalue weighted by molar-refractivity contribution is 6.35. The third kappa shape index (κ3) is 2.45. The number of benzene rings is 1. The molecule has 0 aliphatic heterocycles. The third-order valence-electron chi connectivity index (χ3n) is 3.14. The number of fused-ring (bicyclic) bond motifs is 1. The Morgan fingerprint density at radius 2 is 2.10 bits per heavy atom. The molecule has 3 rings (SSSR count). The fraction of sp³-hybridized carbons (Fsp3) is 0.125. The van der Waals surface area contributed by atoms with Crippen molar-refractivity contribution in [2.45, 2.75) is 6.42 Å². The van der Waals surface area contributed by atoms with Crippen LogP contribution in [0.25, 0.3) is 6.08 Å². The average Bonchev–Trinajstić information content (AvgIpc) is 2.96. The van der Waals surface area contributed by atoms with Gasteiger partial charge < -0.3 is 4.74 Å². The largest absolute Gasteiger partial charge is 0.485 e. The summed E-state index contributed by atoms with van der Waals surface area (Å²) in [7, 11) is 0. The van der Waals surface area contributed by atoms with E-state index in [4.69, 9.17) is 16.3 Å². The molecule has 0 radical (unpaired) electrons. The summed E-state index contributed by atoms with van der Waals surface area (Å²) in [4.78, 5) is 16.4. The Labute approximate surface area is 121 Å². The van der Waals surface area contributed by atoms with E-state index in [2.05, 4.69) is 4.98 Å². The molecule has 0 saturated carbocycles. The molecule has 4 heteroatoms. The zero-order valence-electron chi connectivity index (χ0n) is 10.7. The first-order valence-electron chi connectivity index (χ1n) is 6.30. The van der Waals surface area contributed by atoms with Crippen molar-refractivity contribution in [3.8, 4) is 5.75 Å². The maximum Gasteiger partial charge on any atom is 0.203 e. The number of rotatable bonds is 4. The Bertz CT molecular complexity index is 680. The quantitative estimate of drug-likeness (QED) is 0.806. The van der Waals surface area contributed by atoms with Gasteiger partial charge in [0.1, 0.15) is 5.75 Å². The van der Waals surface area contributed by atoms with Crippen LogP contribution in [0.3, 0.4) is 0 Å². The number of allylic oxidation sites excluding steroid dienone is 1. The topological polar surface area (TPSA) is 39.2 Å². The Balaban J connectivity index is 1.76. The molecule has 0 atom stereocenters. The summed E-state index contributed by atoms with van der Waals surface area (Å²) >= 11 is 6.26. The number of ketones is 1. The van der Waals surface area contributed by atoms with E-state index in [9.17, 15) is 4.79 Å². The number of para-hydroxylation sites is 1. The highest BCUT2D eigenvalue weighted by Crippen LogP contribution is 2.28. The zero-order valence-corrected chi connectivity index (χ0v) is 11.4. The summed E-state index contributed by atoms with van der Waals surface area (Å²) < 4.78 is 5.44. The van der Waals surface area contributed by atoms with Gasteiger partial charge in [0.25, 0.3) is 0 Å². The fourth-order valence-corrected chi connectivity index (χ4v) is 2.42. The second-order valence-electron chi connectivity index (χ2n) is 4.48. The van der Waals surface area contributed by atoms with Crippen LogP contribution < -0.4 is 4.74 Å². The molecule has 1 aromatic carbocycles. The van der Waals surface area contributed by atoms with E-state index < -0.39 is 0 Å². The van der Waals surface area contributed by atoms with Crippen LogP contribution in [0.15, 0.2) is 42.6 Å². The number of carbonyl (C=O) groups is 1. The van der Waals surface area contributed by atoms with Crippen molar-refractivity contribution < 1.29 is 9.53 Å². The lowest BCUT2D eigenvalue weighted by atomic mass is 10.1. The van der Waals surface area contributed by atoms with Gasteiger partial charge in [0.2, 0.25) is 5.78 Å². The van der Waals surface area contributed by atoms with Crippen LogP contribution in [0.4, 0.5) is 0 Å². The first-order valence-corrected chi connectivity index (χ1v) is 6.68. The van der Waals surface area contributed by atoms with Crippen molar-refractivity contribution in [2.75, 3.05) is 6.61 Å². The minimum atomic E-state index is -0.172. The molecule has 1 aliphatic rings. The van der Waals surface area contributed by atoms with E-state index in [1.54, 1.807) is 12.1 Å². The van der Waals surface area contributed by atoms with E-state index >= 15 is 0 Å². The minimum absolute atomic E-state index is 0.0477. The van der Waals surface area contributed by atoms with Gasteiger partial charge in [-0.15, -0.1) is 0 Å². The molecule has 0 fully saturated rings. The van der Waals surface area contributed by atoms with Crippen LogP contribution >= 0.6 is 11.6 Å². The molecule has 20 heavy (non-hydrogen) atoms. The lowest BCUT2D eigenvalue weighted by Crippen LogP contribution is -2.13. The smallest absolute Gasteiger partial charge is 0.203 e. The highest BCUT2D eigenvalue weighted by Gasteiger charge is 2.18. The highest BCUT2D eigenvalue weighted by atomic mass is 35.5. The maximum atomic E-state index is 12.2. The van der Waals surface area contributed by atoms with E-state index in [0.29, 0.717) is 16.3 Å². The van der Waals surface area contributed by atoms with Crippen molar-refractivity contribution in [3.63, 3.8) is 0 Å². The van der Waals surface area contributed by atoms with Gasteiger partial charge in [-0.05, 0) is 12.1 Å². The molecule has 0 spiro atoms. The Morgan fingerprint density at radius 3 is 2.90 bits per heavy atom. The summed E-state index contributed by atoms with van der Waals surface area (Å²) in [5, 5.41) is 0.463. The Kier molecular flexibility index (Phi) is 3.52. The lowest BCUT2D eigenvalue weighted by molar-refractivity contribution is 0.0921. The van der Waals surface area contributed by atoms with Gasteiger partial charge in [-0.1, -0.05) is 42.0 Å². The maximum absolute atomic E-state index is 12.2. The normalized spacial score (nSPS) is 12.2. The van der Waals surface area contributed by atoms with Crippen molar-refractivity contribution in [2.24, 2.45) is 0 Å². The van der Waals surface area contributed by atoms with Crippen LogP contribution in [-0.4, -0.2) is 17.4 Å². The van der Waals surface area contributed by atoms with Crippen molar-refractivity contribution in [1.82, 2.24) is 4.98 Å². The predicted octanol–water partition coefficient (Wildman–Crippen LogP) is 3.57. The van der Waals surface area contributed by atoms with Gasteiger partial charge in [0.15, 0.2) is 6.61 Å². The second-order valence-corrected chi connectivity index (χ2v) is 4.86. The molecular formula is C16H12ClNO2. The van der Waals surface area contributed by atoms with Crippen molar-refractivity contribution >= 4 is 23.5 Å². The van der Waals surface area contributed by atoms with Gasteiger partial charge >= 0.3 is 0 Å². The first kappa shape index (κ1) is 12.9. The number of aromatic nitrogens is 1. The van der Waals surface area contributed by atoms with Crippen LogP contribution in [-0.2, 0) is 6.42 Å². The lowest BCUT2D eigenvalue weighted by Gasteiger charge is -2.08. The first-order chi connectivity index (χ1) is 9.75. The second kappa shape index (κ2) is 5.47. The molecule has 100 valence electrons. The summed E-state index contributed by atoms with van der Waals surface area (Å²) in [6.07, 6.45) is 6.19. The fourth-order valence-electron chi connectivity index (χ4n) is 2.10. The van der Waals surface area contributed by atoms with Crippen LogP contribution in [0.5, 0.6) is 5.75 Å². The molecule has 3 nitrogen and oxygen atoms in total. The number of hydrogen-bond donors (Lipinski definition) is 0.